The number of hydrogen-bond donors (Lipinski definition) is 3. The smallest absolute Gasteiger partial charge is 0.209 e. The Bertz CT molecular complexity index is 720. The fourth-order valence-corrected chi connectivity index (χ4v) is 2.28. The van der Waals surface area contributed by atoms with Gasteiger partial charge in [-0.3, -0.25) is 5.41 Å². The van der Waals surface area contributed by atoms with Gasteiger partial charge in [0.15, 0.2) is 11.5 Å². The fraction of sp³-hybridized carbons (Fsp3) is 0.176. The van der Waals surface area contributed by atoms with E-state index in [4.69, 9.17) is 26.5 Å². The molecular formula is C17H19ClN4O2. The SMILES string of the molecule is COc1ccc(/C=N/NC(=N)NCc2ccccc2)c(Cl)c1OC. The first kappa shape index (κ1) is 17.6. The number of guanidine groups is 1. The minimum atomic E-state index is 0.0895. The average molecular weight is 347 g/mol. The van der Waals surface area contributed by atoms with Crippen molar-refractivity contribution in [1.29, 1.82) is 5.41 Å². The van der Waals surface area contributed by atoms with Crippen molar-refractivity contribution in [3.8, 4) is 11.5 Å². The summed E-state index contributed by atoms with van der Waals surface area (Å²) in [5.74, 6) is 1.08. The van der Waals surface area contributed by atoms with Gasteiger partial charge in [-0.1, -0.05) is 41.9 Å². The van der Waals surface area contributed by atoms with Gasteiger partial charge < -0.3 is 14.8 Å². The molecule has 0 unspecified atom stereocenters. The lowest BCUT2D eigenvalue weighted by molar-refractivity contribution is 0.355. The van der Waals surface area contributed by atoms with Gasteiger partial charge in [-0.15, -0.1) is 0 Å². The van der Waals surface area contributed by atoms with Crippen molar-refractivity contribution in [2.75, 3.05) is 14.2 Å². The second kappa shape index (κ2) is 8.79. The van der Waals surface area contributed by atoms with Crippen LogP contribution in [0.15, 0.2) is 47.6 Å². The third kappa shape index (κ3) is 4.63. The van der Waals surface area contributed by atoms with Gasteiger partial charge >= 0.3 is 0 Å². The Kier molecular flexibility index (Phi) is 6.45. The van der Waals surface area contributed by atoms with Gasteiger partial charge in [0.25, 0.3) is 0 Å². The minimum Gasteiger partial charge on any atom is -0.493 e. The molecule has 0 atom stereocenters. The van der Waals surface area contributed by atoms with Crippen LogP contribution in [-0.2, 0) is 6.54 Å². The van der Waals surface area contributed by atoms with Crippen molar-refractivity contribution in [3.05, 3.63) is 58.6 Å². The molecule has 126 valence electrons. The third-order valence-corrected chi connectivity index (χ3v) is 3.60. The highest BCUT2D eigenvalue weighted by molar-refractivity contribution is 6.34. The van der Waals surface area contributed by atoms with Gasteiger partial charge in [0.05, 0.1) is 25.5 Å². The predicted molar refractivity (Wildman–Crippen MR) is 96.3 cm³/mol. The molecule has 0 aliphatic carbocycles. The number of halogens is 1. The minimum absolute atomic E-state index is 0.0895. The molecule has 0 saturated heterocycles. The number of hydrogen-bond acceptors (Lipinski definition) is 4. The Hall–Kier alpha value is -2.73. The first-order chi connectivity index (χ1) is 11.7. The zero-order valence-corrected chi connectivity index (χ0v) is 14.2. The number of methoxy groups -OCH3 is 2. The van der Waals surface area contributed by atoms with E-state index in [9.17, 15) is 0 Å². The lowest BCUT2D eigenvalue weighted by Gasteiger charge is -2.10. The van der Waals surface area contributed by atoms with E-state index in [1.165, 1.54) is 13.3 Å². The molecule has 0 aliphatic rings. The van der Waals surface area contributed by atoms with Crippen LogP contribution in [0.3, 0.4) is 0 Å². The zero-order valence-electron chi connectivity index (χ0n) is 13.5. The van der Waals surface area contributed by atoms with Crippen LogP contribution >= 0.6 is 11.6 Å². The highest BCUT2D eigenvalue weighted by atomic mass is 35.5. The van der Waals surface area contributed by atoms with Crippen LogP contribution in [0.5, 0.6) is 11.5 Å². The molecule has 0 heterocycles. The van der Waals surface area contributed by atoms with Gasteiger partial charge in [-0.05, 0) is 17.7 Å². The standard InChI is InChI=1S/C17H19ClN4O2/c1-23-14-9-8-13(15(18)16(14)24-2)11-21-22-17(19)20-10-12-6-4-3-5-7-12/h3-9,11H,10H2,1-2H3,(H3,19,20,22)/b21-11+. The number of benzene rings is 2. The molecule has 3 N–H and O–H groups in total. The highest BCUT2D eigenvalue weighted by Crippen LogP contribution is 2.36. The van der Waals surface area contributed by atoms with Crippen LogP contribution in [-0.4, -0.2) is 26.4 Å². The first-order valence-electron chi connectivity index (χ1n) is 7.21. The van der Waals surface area contributed by atoms with E-state index in [0.717, 1.165) is 5.56 Å². The van der Waals surface area contributed by atoms with Gasteiger partial charge in [0, 0.05) is 12.1 Å². The van der Waals surface area contributed by atoms with Gasteiger partial charge in [0.1, 0.15) is 0 Å². The van der Waals surface area contributed by atoms with Crippen molar-refractivity contribution >= 4 is 23.8 Å². The summed E-state index contributed by atoms with van der Waals surface area (Å²) in [4.78, 5) is 0. The fourth-order valence-electron chi connectivity index (χ4n) is 2.00. The Balaban J connectivity index is 1.93. The lowest BCUT2D eigenvalue weighted by atomic mass is 10.2. The Morgan fingerprint density at radius 3 is 2.58 bits per heavy atom. The average Bonchev–Trinajstić information content (AvgIpc) is 2.62. The number of ether oxygens (including phenoxy) is 2. The van der Waals surface area contributed by atoms with E-state index in [1.54, 1.807) is 19.2 Å². The van der Waals surface area contributed by atoms with Crippen LogP contribution in [0.25, 0.3) is 0 Å². The highest BCUT2D eigenvalue weighted by Gasteiger charge is 2.11. The van der Waals surface area contributed by atoms with Crippen molar-refractivity contribution in [1.82, 2.24) is 10.7 Å². The first-order valence-corrected chi connectivity index (χ1v) is 7.59. The van der Waals surface area contributed by atoms with E-state index in [2.05, 4.69) is 15.8 Å². The second-order valence-corrected chi connectivity index (χ2v) is 5.17. The van der Waals surface area contributed by atoms with Crippen LogP contribution in [0.4, 0.5) is 0 Å². The van der Waals surface area contributed by atoms with E-state index in [1.807, 2.05) is 30.3 Å². The van der Waals surface area contributed by atoms with Gasteiger partial charge in [-0.2, -0.15) is 5.10 Å². The normalized spacial score (nSPS) is 10.5. The molecular weight excluding hydrogens is 328 g/mol. The molecule has 2 aromatic rings. The van der Waals surface area contributed by atoms with E-state index in [0.29, 0.717) is 28.6 Å². The molecule has 0 spiro atoms. The summed E-state index contributed by atoms with van der Waals surface area (Å²) in [5.41, 5.74) is 4.34. The van der Waals surface area contributed by atoms with Crippen LogP contribution in [0.1, 0.15) is 11.1 Å². The monoisotopic (exact) mass is 346 g/mol. The number of nitrogens with one attached hydrogen (secondary N) is 3. The van der Waals surface area contributed by atoms with E-state index < -0.39 is 0 Å². The number of rotatable bonds is 6. The van der Waals surface area contributed by atoms with Crippen molar-refractivity contribution in [3.63, 3.8) is 0 Å². The number of nitrogens with zero attached hydrogens (tertiary/aromatic N) is 1. The molecule has 24 heavy (non-hydrogen) atoms. The summed E-state index contributed by atoms with van der Waals surface area (Å²) in [6.45, 7) is 0.541. The molecule has 7 heteroatoms. The van der Waals surface area contributed by atoms with E-state index >= 15 is 0 Å². The van der Waals surface area contributed by atoms with Crippen LogP contribution in [0.2, 0.25) is 5.02 Å². The van der Waals surface area contributed by atoms with Crippen LogP contribution in [0, 0.1) is 5.41 Å². The van der Waals surface area contributed by atoms with Gasteiger partial charge in [0.2, 0.25) is 5.96 Å². The summed E-state index contributed by atoms with van der Waals surface area (Å²) < 4.78 is 10.4. The molecule has 0 bridgehead atoms. The predicted octanol–water partition coefficient (Wildman–Crippen LogP) is 3.01. The van der Waals surface area contributed by atoms with Crippen LogP contribution < -0.4 is 20.2 Å². The maximum atomic E-state index is 7.79. The largest absolute Gasteiger partial charge is 0.493 e. The zero-order chi connectivity index (χ0) is 17.4. The summed E-state index contributed by atoms with van der Waals surface area (Å²) in [7, 11) is 3.06. The second-order valence-electron chi connectivity index (χ2n) is 4.79. The molecule has 0 saturated carbocycles. The Labute approximate surface area is 145 Å². The molecule has 0 radical (unpaired) electrons. The van der Waals surface area contributed by atoms with E-state index in [-0.39, 0.29) is 5.96 Å². The Morgan fingerprint density at radius 1 is 1.17 bits per heavy atom. The van der Waals surface area contributed by atoms with Gasteiger partial charge in [-0.25, -0.2) is 5.43 Å². The maximum absolute atomic E-state index is 7.79. The summed E-state index contributed by atoms with van der Waals surface area (Å²) in [6, 6.07) is 13.3. The van der Waals surface area contributed by atoms with Crippen molar-refractivity contribution in [2.24, 2.45) is 5.10 Å². The summed E-state index contributed by atoms with van der Waals surface area (Å²) in [6.07, 6.45) is 1.52. The topological polar surface area (TPSA) is 78.7 Å². The molecule has 6 nitrogen and oxygen atoms in total. The Morgan fingerprint density at radius 2 is 1.92 bits per heavy atom. The summed E-state index contributed by atoms with van der Waals surface area (Å²) in [5, 5.41) is 15.1. The lowest BCUT2D eigenvalue weighted by Crippen LogP contribution is -2.32. The van der Waals surface area contributed by atoms with Crippen molar-refractivity contribution < 1.29 is 9.47 Å². The number of hydrazone groups is 1. The molecule has 0 aliphatic heterocycles. The quantitative estimate of drug-likeness (QED) is 0.427. The molecule has 0 fully saturated rings. The summed E-state index contributed by atoms with van der Waals surface area (Å²) >= 11 is 6.26. The molecule has 2 aromatic carbocycles. The van der Waals surface area contributed by atoms with Crippen molar-refractivity contribution in [2.45, 2.75) is 6.54 Å². The molecule has 0 amide bonds. The maximum Gasteiger partial charge on any atom is 0.209 e. The molecule has 0 aromatic heterocycles. The molecule has 2 rings (SSSR count). The third-order valence-electron chi connectivity index (χ3n) is 3.21.